The Bertz CT molecular complexity index is 776. The predicted molar refractivity (Wildman–Crippen MR) is 97.7 cm³/mol. The molecule has 2 bridgehead atoms. The van der Waals surface area contributed by atoms with Crippen LogP contribution in [0.1, 0.15) is 45.6 Å². The second-order valence-electron chi connectivity index (χ2n) is 7.86. The van der Waals surface area contributed by atoms with Crippen molar-refractivity contribution >= 4 is 15.9 Å². The smallest absolute Gasteiger partial charge is 0.241 e. The van der Waals surface area contributed by atoms with Gasteiger partial charge in [0.25, 0.3) is 0 Å². The Morgan fingerprint density at radius 1 is 1.20 bits per heavy atom. The van der Waals surface area contributed by atoms with Crippen molar-refractivity contribution in [1.82, 2.24) is 9.62 Å². The van der Waals surface area contributed by atoms with Crippen molar-refractivity contribution in [2.75, 3.05) is 6.54 Å². The Labute approximate surface area is 150 Å². The van der Waals surface area contributed by atoms with Crippen LogP contribution >= 0.6 is 0 Å². The van der Waals surface area contributed by atoms with Crippen molar-refractivity contribution in [1.29, 1.82) is 0 Å². The Hall–Kier alpha value is -1.66. The van der Waals surface area contributed by atoms with Crippen LogP contribution in [0.5, 0.6) is 0 Å². The van der Waals surface area contributed by atoms with E-state index in [0.717, 1.165) is 24.8 Å². The van der Waals surface area contributed by atoms with Crippen molar-refractivity contribution in [3.63, 3.8) is 0 Å². The number of hydrogen-bond acceptors (Lipinski definition) is 3. The summed E-state index contributed by atoms with van der Waals surface area (Å²) in [7, 11) is -3.69. The minimum absolute atomic E-state index is 0.0350. The zero-order valence-electron chi connectivity index (χ0n) is 15.0. The minimum atomic E-state index is -3.69. The average Bonchev–Trinajstić information content (AvgIpc) is 2.81. The van der Waals surface area contributed by atoms with Gasteiger partial charge in [-0.1, -0.05) is 45.1 Å². The lowest BCUT2D eigenvalue weighted by Gasteiger charge is -2.31. The minimum Gasteiger partial charge on any atom is -0.332 e. The second-order valence-corrected chi connectivity index (χ2v) is 9.63. The molecule has 1 saturated heterocycles. The molecule has 0 radical (unpaired) electrons. The maximum Gasteiger partial charge on any atom is 0.241 e. The fourth-order valence-corrected chi connectivity index (χ4v) is 4.55. The quantitative estimate of drug-likeness (QED) is 0.837. The molecular weight excluding hydrogens is 336 g/mol. The molecule has 2 atom stereocenters. The summed E-state index contributed by atoms with van der Waals surface area (Å²) in [5, 5.41) is 0. The van der Waals surface area contributed by atoms with Gasteiger partial charge in [-0.15, -0.1) is 0 Å². The fourth-order valence-electron chi connectivity index (χ4n) is 3.58. The summed E-state index contributed by atoms with van der Waals surface area (Å²) in [6.45, 7) is 6.04. The summed E-state index contributed by atoms with van der Waals surface area (Å²) >= 11 is 0. The third-order valence-electron chi connectivity index (χ3n) is 5.04. The molecule has 2 aliphatic rings. The molecule has 1 fully saturated rings. The number of carbonyl (C=O) groups is 1. The zero-order chi connectivity index (χ0) is 18.2. The molecule has 2 unspecified atom stereocenters. The highest BCUT2D eigenvalue weighted by Crippen LogP contribution is 2.31. The molecule has 1 N–H and O–H groups in total. The van der Waals surface area contributed by atoms with E-state index in [1.807, 2.05) is 17.0 Å². The van der Waals surface area contributed by atoms with Crippen molar-refractivity contribution in [3.05, 3.63) is 42.0 Å². The number of hydrogen-bond donors (Lipinski definition) is 1. The summed E-state index contributed by atoms with van der Waals surface area (Å²) in [6, 6.07) is 7.19. The van der Waals surface area contributed by atoms with Crippen molar-refractivity contribution in [2.45, 2.75) is 62.4 Å². The Kier molecular flexibility index (Phi) is 4.77. The second kappa shape index (κ2) is 6.57. The number of rotatable bonds is 4. The average molecular weight is 362 g/mol. The lowest BCUT2D eigenvalue weighted by molar-refractivity contribution is -0.132. The van der Waals surface area contributed by atoms with Crippen LogP contribution in [0.3, 0.4) is 0 Å². The number of carbonyl (C=O) groups excluding carboxylic acids is 1. The van der Waals surface area contributed by atoms with Crippen LogP contribution in [0.4, 0.5) is 0 Å². The number of sulfonamides is 1. The van der Waals surface area contributed by atoms with Crippen LogP contribution in [0.25, 0.3) is 0 Å². The number of amides is 1. The number of nitrogens with one attached hydrogen (secondary N) is 1. The standard InChI is InChI=1S/C19H26N2O3S/c1-19(2,3)14-7-11-17(12-8-14)25(23,24)20-13-18(22)21-15-5-4-6-16(21)10-9-15/h4-5,7-8,11-12,15-16,20H,6,9-10,13H2,1-3H3. The third kappa shape index (κ3) is 3.80. The van der Waals surface area contributed by atoms with Gasteiger partial charge < -0.3 is 4.90 Å². The van der Waals surface area contributed by atoms with Crippen LogP contribution in [-0.4, -0.2) is 37.9 Å². The summed E-state index contributed by atoms with van der Waals surface area (Å²) in [4.78, 5) is 14.5. The zero-order valence-corrected chi connectivity index (χ0v) is 15.8. The van der Waals surface area contributed by atoms with E-state index < -0.39 is 10.0 Å². The van der Waals surface area contributed by atoms with Gasteiger partial charge in [-0.05, 0) is 42.4 Å². The van der Waals surface area contributed by atoms with Crippen LogP contribution in [0, 0.1) is 0 Å². The summed E-state index contributed by atoms with van der Waals surface area (Å²) in [6.07, 6.45) is 7.00. The van der Waals surface area contributed by atoms with E-state index in [2.05, 4.69) is 37.6 Å². The van der Waals surface area contributed by atoms with Crippen LogP contribution in [-0.2, 0) is 20.2 Å². The molecule has 5 nitrogen and oxygen atoms in total. The van der Waals surface area contributed by atoms with Gasteiger partial charge in [0.2, 0.25) is 15.9 Å². The Balaban J connectivity index is 1.66. The first-order chi connectivity index (χ1) is 11.7. The third-order valence-corrected chi connectivity index (χ3v) is 6.46. The van der Waals surface area contributed by atoms with E-state index in [0.29, 0.717) is 0 Å². The molecule has 0 saturated carbocycles. The van der Waals surface area contributed by atoms with E-state index in [-0.39, 0.29) is 34.8 Å². The molecule has 1 aromatic rings. The Morgan fingerprint density at radius 2 is 1.88 bits per heavy atom. The van der Waals surface area contributed by atoms with E-state index >= 15 is 0 Å². The molecule has 0 spiro atoms. The van der Waals surface area contributed by atoms with Gasteiger partial charge in [0.15, 0.2) is 0 Å². The topological polar surface area (TPSA) is 66.5 Å². The lowest BCUT2D eigenvalue weighted by Crippen LogP contribution is -2.47. The SMILES string of the molecule is CC(C)(C)c1ccc(S(=O)(=O)NCC(=O)N2C3C=CCC2CC3)cc1. The monoisotopic (exact) mass is 362 g/mol. The first-order valence-corrected chi connectivity index (χ1v) is 10.2. The van der Waals surface area contributed by atoms with Gasteiger partial charge in [-0.25, -0.2) is 13.1 Å². The molecule has 0 aromatic heterocycles. The number of nitrogens with zero attached hydrogens (tertiary/aromatic N) is 1. The summed E-state index contributed by atoms with van der Waals surface area (Å²) < 4.78 is 27.4. The van der Waals surface area contributed by atoms with Gasteiger partial charge in [0, 0.05) is 6.04 Å². The van der Waals surface area contributed by atoms with Crippen LogP contribution in [0.2, 0.25) is 0 Å². The molecule has 6 heteroatoms. The molecule has 25 heavy (non-hydrogen) atoms. The van der Waals surface area contributed by atoms with Gasteiger partial charge in [0.05, 0.1) is 17.5 Å². The van der Waals surface area contributed by atoms with Crippen molar-refractivity contribution in [3.8, 4) is 0 Å². The van der Waals surface area contributed by atoms with Gasteiger partial charge in [-0.2, -0.15) is 0 Å². The maximum atomic E-state index is 12.5. The highest BCUT2D eigenvalue weighted by molar-refractivity contribution is 7.89. The summed E-state index contributed by atoms with van der Waals surface area (Å²) in [5.41, 5.74) is 1.03. The van der Waals surface area contributed by atoms with Gasteiger partial charge in [0.1, 0.15) is 0 Å². The van der Waals surface area contributed by atoms with Gasteiger partial charge >= 0.3 is 0 Å². The highest BCUT2D eigenvalue weighted by atomic mass is 32.2. The van der Waals surface area contributed by atoms with Gasteiger partial charge in [-0.3, -0.25) is 4.79 Å². The van der Waals surface area contributed by atoms with Crippen LogP contribution in [0.15, 0.2) is 41.3 Å². The molecule has 0 aliphatic carbocycles. The van der Waals surface area contributed by atoms with E-state index in [1.165, 1.54) is 0 Å². The highest BCUT2D eigenvalue weighted by Gasteiger charge is 2.37. The fraction of sp³-hybridized carbons (Fsp3) is 0.526. The summed E-state index contributed by atoms with van der Waals surface area (Å²) in [5.74, 6) is -0.147. The van der Waals surface area contributed by atoms with E-state index in [9.17, 15) is 13.2 Å². The molecule has 2 heterocycles. The van der Waals surface area contributed by atoms with E-state index in [1.54, 1.807) is 12.1 Å². The van der Waals surface area contributed by atoms with E-state index in [4.69, 9.17) is 0 Å². The Morgan fingerprint density at radius 3 is 2.48 bits per heavy atom. The predicted octanol–water partition coefficient (Wildman–Crippen LogP) is 2.58. The maximum absolute atomic E-state index is 12.5. The van der Waals surface area contributed by atoms with Crippen molar-refractivity contribution < 1.29 is 13.2 Å². The van der Waals surface area contributed by atoms with Crippen molar-refractivity contribution in [2.24, 2.45) is 0 Å². The molecular formula is C19H26N2O3S. The molecule has 2 aliphatic heterocycles. The first-order valence-electron chi connectivity index (χ1n) is 8.76. The molecule has 136 valence electrons. The number of benzene rings is 1. The lowest BCUT2D eigenvalue weighted by atomic mass is 9.87. The normalized spacial score (nSPS) is 23.1. The van der Waals surface area contributed by atoms with Crippen LogP contribution < -0.4 is 4.72 Å². The molecule has 3 rings (SSSR count). The first kappa shape index (κ1) is 18.1. The largest absolute Gasteiger partial charge is 0.332 e. The molecule has 1 amide bonds. The number of fused-ring (bicyclic) bond motifs is 2. The molecule has 1 aromatic carbocycles.